The first-order valence-electron chi connectivity index (χ1n) is 10.7. The number of benzene rings is 1. The van der Waals surface area contributed by atoms with Crippen molar-refractivity contribution in [2.75, 3.05) is 63.2 Å². The van der Waals surface area contributed by atoms with Gasteiger partial charge in [-0.3, -0.25) is 0 Å². The van der Waals surface area contributed by atoms with Crippen LogP contribution in [0, 0.1) is 0 Å². The molecule has 0 bridgehead atoms. The van der Waals surface area contributed by atoms with Gasteiger partial charge in [0.2, 0.25) is 0 Å². The predicted molar refractivity (Wildman–Crippen MR) is 136 cm³/mol. The van der Waals surface area contributed by atoms with Gasteiger partial charge in [0.15, 0.2) is 0 Å². The summed E-state index contributed by atoms with van der Waals surface area (Å²) in [4.78, 5) is 6.77. The van der Waals surface area contributed by atoms with E-state index in [1.807, 2.05) is 49.6 Å². The Balaban J connectivity index is 1.51. The van der Waals surface area contributed by atoms with Gasteiger partial charge in [-0.25, -0.2) is 4.98 Å². The molecule has 0 saturated heterocycles. The predicted octanol–water partition coefficient (Wildman–Crippen LogP) is 4.06. The molecule has 0 aliphatic heterocycles. The van der Waals surface area contributed by atoms with Crippen molar-refractivity contribution in [3.8, 4) is 17.1 Å². The molecule has 0 fully saturated rings. The molecule has 3 aromatic rings. The molecule has 1 aromatic carbocycles. The lowest BCUT2D eigenvalue weighted by molar-refractivity contribution is 0.243. The van der Waals surface area contributed by atoms with Gasteiger partial charge in [0.05, 0.1) is 6.61 Å². The van der Waals surface area contributed by atoms with Gasteiger partial charge in [0.25, 0.3) is 0 Å². The fourth-order valence-corrected chi connectivity index (χ4v) is 3.78. The molecule has 2 N–H and O–H groups in total. The SMILES string of the molecule is CNc1ccc(-c2cc3cc(OCCCN(CCS)CCNCCS)ccc3o2)cn1. The van der Waals surface area contributed by atoms with Crippen LogP contribution in [0.4, 0.5) is 5.82 Å². The molecule has 0 atom stereocenters. The normalized spacial score (nSPS) is 11.4. The Morgan fingerprint density at radius 1 is 1.03 bits per heavy atom. The first kappa shape index (κ1) is 23.8. The number of nitrogens with zero attached hydrogens (tertiary/aromatic N) is 2. The fraction of sp³-hybridized carbons (Fsp3) is 0.435. The Morgan fingerprint density at radius 2 is 1.94 bits per heavy atom. The minimum atomic E-state index is 0.679. The molecule has 0 radical (unpaired) electrons. The first-order valence-corrected chi connectivity index (χ1v) is 12.0. The molecular formula is C23H32N4O2S2. The van der Waals surface area contributed by atoms with Gasteiger partial charge in [-0.2, -0.15) is 25.3 Å². The second-order valence-electron chi connectivity index (χ2n) is 7.23. The minimum absolute atomic E-state index is 0.679. The van der Waals surface area contributed by atoms with Gasteiger partial charge in [0, 0.05) is 68.4 Å². The zero-order valence-electron chi connectivity index (χ0n) is 18.0. The number of nitrogens with one attached hydrogen (secondary N) is 2. The number of hydrogen-bond donors (Lipinski definition) is 4. The molecule has 8 heteroatoms. The van der Waals surface area contributed by atoms with Crippen LogP contribution in [-0.4, -0.2) is 67.8 Å². The van der Waals surface area contributed by atoms with Gasteiger partial charge in [0.1, 0.15) is 22.9 Å². The summed E-state index contributed by atoms with van der Waals surface area (Å²) in [7, 11) is 1.85. The molecule has 3 rings (SSSR count). The van der Waals surface area contributed by atoms with Crippen LogP contribution in [0.3, 0.4) is 0 Å². The Kier molecular flexibility index (Phi) is 9.86. The molecule has 0 unspecified atom stereocenters. The van der Waals surface area contributed by atoms with Crippen molar-refractivity contribution in [2.24, 2.45) is 0 Å². The van der Waals surface area contributed by atoms with Crippen molar-refractivity contribution in [1.29, 1.82) is 0 Å². The third kappa shape index (κ3) is 7.35. The van der Waals surface area contributed by atoms with Crippen molar-refractivity contribution in [3.63, 3.8) is 0 Å². The van der Waals surface area contributed by atoms with Gasteiger partial charge in [-0.05, 0) is 42.8 Å². The summed E-state index contributed by atoms with van der Waals surface area (Å²) in [6.07, 6.45) is 2.78. The van der Waals surface area contributed by atoms with Crippen molar-refractivity contribution >= 4 is 42.0 Å². The van der Waals surface area contributed by atoms with E-state index >= 15 is 0 Å². The lowest BCUT2D eigenvalue weighted by Gasteiger charge is -2.21. The molecular weight excluding hydrogens is 428 g/mol. The Morgan fingerprint density at radius 3 is 2.68 bits per heavy atom. The van der Waals surface area contributed by atoms with Gasteiger partial charge in [-0.15, -0.1) is 0 Å². The van der Waals surface area contributed by atoms with Gasteiger partial charge >= 0.3 is 0 Å². The molecule has 31 heavy (non-hydrogen) atoms. The topological polar surface area (TPSA) is 62.6 Å². The number of ether oxygens (including phenoxy) is 1. The van der Waals surface area contributed by atoms with E-state index in [1.165, 1.54) is 0 Å². The summed E-state index contributed by atoms with van der Waals surface area (Å²) in [5.74, 6) is 4.22. The summed E-state index contributed by atoms with van der Waals surface area (Å²) in [5, 5.41) is 7.43. The Labute approximate surface area is 195 Å². The molecule has 0 aliphatic carbocycles. The number of thiol groups is 2. The smallest absolute Gasteiger partial charge is 0.136 e. The van der Waals surface area contributed by atoms with E-state index < -0.39 is 0 Å². The lowest BCUT2D eigenvalue weighted by atomic mass is 10.2. The van der Waals surface area contributed by atoms with E-state index in [9.17, 15) is 0 Å². The molecule has 0 aliphatic rings. The third-order valence-electron chi connectivity index (χ3n) is 4.99. The number of anilines is 1. The number of hydrogen-bond acceptors (Lipinski definition) is 8. The molecule has 0 amide bonds. The maximum atomic E-state index is 6.00. The maximum Gasteiger partial charge on any atom is 0.136 e. The van der Waals surface area contributed by atoms with Crippen molar-refractivity contribution < 1.29 is 9.15 Å². The second-order valence-corrected chi connectivity index (χ2v) is 8.13. The quantitative estimate of drug-likeness (QED) is 0.215. The average molecular weight is 461 g/mol. The molecule has 2 heterocycles. The van der Waals surface area contributed by atoms with Crippen LogP contribution in [0.5, 0.6) is 5.75 Å². The number of pyridine rings is 1. The van der Waals surface area contributed by atoms with E-state index in [-0.39, 0.29) is 0 Å². The van der Waals surface area contributed by atoms with Crippen LogP contribution < -0.4 is 15.4 Å². The highest BCUT2D eigenvalue weighted by atomic mass is 32.1. The minimum Gasteiger partial charge on any atom is -0.494 e. The zero-order chi connectivity index (χ0) is 21.9. The molecule has 0 saturated carbocycles. The van der Waals surface area contributed by atoms with E-state index in [1.54, 1.807) is 0 Å². The van der Waals surface area contributed by atoms with Crippen LogP contribution >= 0.6 is 25.3 Å². The first-order chi connectivity index (χ1) is 15.2. The largest absolute Gasteiger partial charge is 0.494 e. The van der Waals surface area contributed by atoms with Crippen LogP contribution in [0.15, 0.2) is 47.0 Å². The highest BCUT2D eigenvalue weighted by molar-refractivity contribution is 7.80. The monoisotopic (exact) mass is 460 g/mol. The van der Waals surface area contributed by atoms with E-state index in [0.717, 1.165) is 84.5 Å². The summed E-state index contributed by atoms with van der Waals surface area (Å²) in [6.45, 7) is 5.59. The molecule has 168 valence electrons. The fourth-order valence-electron chi connectivity index (χ4n) is 3.34. The molecule has 6 nitrogen and oxygen atoms in total. The third-order valence-corrected chi connectivity index (χ3v) is 5.41. The van der Waals surface area contributed by atoms with Gasteiger partial charge in [-0.1, -0.05) is 0 Å². The summed E-state index contributed by atoms with van der Waals surface area (Å²) >= 11 is 8.60. The molecule has 0 spiro atoms. The van der Waals surface area contributed by atoms with Crippen molar-refractivity contribution in [3.05, 3.63) is 42.6 Å². The maximum absolute atomic E-state index is 6.00. The van der Waals surface area contributed by atoms with Crippen LogP contribution in [0.2, 0.25) is 0 Å². The van der Waals surface area contributed by atoms with Crippen LogP contribution in [0.25, 0.3) is 22.3 Å². The standard InChI is InChI=1S/C23H32N4O2S2/c1-24-23-6-3-18(17-26-23)22-16-19-15-20(4-5-21(19)29-22)28-12-2-9-27(11-14-31)10-7-25-8-13-30/h3-6,15-17,25,30-31H,2,7-14H2,1H3,(H,24,26). The second kappa shape index (κ2) is 12.9. The average Bonchev–Trinajstić information content (AvgIpc) is 3.23. The van der Waals surface area contributed by atoms with E-state index in [2.05, 4.69) is 45.8 Å². The van der Waals surface area contributed by atoms with Crippen LogP contribution in [0.1, 0.15) is 6.42 Å². The van der Waals surface area contributed by atoms with Crippen molar-refractivity contribution in [1.82, 2.24) is 15.2 Å². The molecule has 2 aromatic heterocycles. The van der Waals surface area contributed by atoms with E-state index in [4.69, 9.17) is 9.15 Å². The van der Waals surface area contributed by atoms with E-state index in [0.29, 0.717) is 6.61 Å². The number of rotatable bonds is 14. The zero-order valence-corrected chi connectivity index (χ0v) is 19.8. The number of fused-ring (bicyclic) bond motifs is 1. The van der Waals surface area contributed by atoms with Crippen molar-refractivity contribution in [2.45, 2.75) is 6.42 Å². The van der Waals surface area contributed by atoms with Gasteiger partial charge < -0.3 is 24.7 Å². The van der Waals surface area contributed by atoms with Crippen LogP contribution in [-0.2, 0) is 0 Å². The Bertz CT molecular complexity index is 918. The summed E-state index contributed by atoms with van der Waals surface area (Å²) in [6, 6.07) is 11.9. The summed E-state index contributed by atoms with van der Waals surface area (Å²) < 4.78 is 12.0. The highest BCUT2D eigenvalue weighted by Gasteiger charge is 2.09. The summed E-state index contributed by atoms with van der Waals surface area (Å²) in [5.41, 5.74) is 1.79. The lowest BCUT2D eigenvalue weighted by Crippen LogP contribution is -2.35. The Hall–Kier alpha value is -1.87. The number of furan rings is 1. The highest BCUT2D eigenvalue weighted by Crippen LogP contribution is 2.30. The number of aromatic nitrogens is 1.